The molecule has 2 aromatic carbocycles. The highest BCUT2D eigenvalue weighted by Gasteiger charge is 2.34. The lowest BCUT2D eigenvalue weighted by Gasteiger charge is -2.22. The molecule has 220 valence electrons. The number of ketones is 1. The summed E-state index contributed by atoms with van der Waals surface area (Å²) in [5, 5.41) is 11.0. The average molecular weight is 572 g/mol. The fourth-order valence-electron chi connectivity index (χ4n) is 4.54. The Kier molecular flexibility index (Phi) is 8.60. The van der Waals surface area contributed by atoms with Crippen LogP contribution in [0.5, 0.6) is 0 Å². The van der Waals surface area contributed by atoms with Gasteiger partial charge in [0.2, 0.25) is 17.6 Å². The second-order valence-electron chi connectivity index (χ2n) is 11.3. The summed E-state index contributed by atoms with van der Waals surface area (Å²) in [4.78, 5) is 46.3. The van der Waals surface area contributed by atoms with Crippen molar-refractivity contribution in [1.82, 2.24) is 25.1 Å². The molecule has 11 heteroatoms. The molecule has 0 bridgehead atoms. The Balaban J connectivity index is 1.56. The molecular formula is C31H37N7O4. The molecule has 0 radical (unpaired) electrons. The van der Waals surface area contributed by atoms with E-state index in [-0.39, 0.29) is 29.9 Å². The molecule has 42 heavy (non-hydrogen) atoms. The molecular weight excluding hydrogens is 534 g/mol. The lowest BCUT2D eigenvalue weighted by molar-refractivity contribution is -0.122. The van der Waals surface area contributed by atoms with Crippen LogP contribution in [0.3, 0.4) is 0 Å². The quantitative estimate of drug-likeness (QED) is 0.272. The van der Waals surface area contributed by atoms with Crippen molar-refractivity contribution in [2.75, 3.05) is 24.7 Å². The fourth-order valence-corrected chi connectivity index (χ4v) is 4.54. The van der Waals surface area contributed by atoms with Crippen molar-refractivity contribution in [1.29, 1.82) is 0 Å². The van der Waals surface area contributed by atoms with E-state index < -0.39 is 28.7 Å². The summed E-state index contributed by atoms with van der Waals surface area (Å²) in [5.41, 5.74) is 7.73. The van der Waals surface area contributed by atoms with Gasteiger partial charge in [0.05, 0.1) is 17.2 Å². The molecule has 0 aliphatic rings. The standard InChI is InChI=1S/C31H37N7O4/c1-18(2)25(26(40)28-35-36-30(42-28)31(4,5)21-13-15-22(16-14-21)37(6)7)34-23(39)17-38-27(20-11-9-8-10-12-20)33-19(3)24(32)29(38)41/h8-16,18,25H,17,32H2,1-7H3,(H,34,39)/t25-/m0/s1. The maximum Gasteiger partial charge on any atom is 0.286 e. The van der Waals surface area contributed by atoms with Crippen molar-refractivity contribution in [3.63, 3.8) is 0 Å². The van der Waals surface area contributed by atoms with Crippen molar-refractivity contribution in [2.24, 2.45) is 5.92 Å². The number of hydrogen-bond donors (Lipinski definition) is 2. The van der Waals surface area contributed by atoms with E-state index in [9.17, 15) is 14.4 Å². The highest BCUT2D eigenvalue weighted by atomic mass is 16.4. The maximum absolute atomic E-state index is 13.5. The van der Waals surface area contributed by atoms with Crippen LogP contribution < -0.4 is 21.5 Å². The largest absolute Gasteiger partial charge is 0.417 e. The van der Waals surface area contributed by atoms with Gasteiger partial charge in [0.25, 0.3) is 11.4 Å². The number of nitrogens with zero attached hydrogens (tertiary/aromatic N) is 5. The van der Waals surface area contributed by atoms with Gasteiger partial charge in [-0.15, -0.1) is 10.2 Å². The van der Waals surface area contributed by atoms with Crippen molar-refractivity contribution in [2.45, 2.75) is 52.6 Å². The molecule has 0 fully saturated rings. The van der Waals surface area contributed by atoms with Crippen LogP contribution in [0.1, 0.15) is 55.5 Å². The zero-order chi connectivity index (χ0) is 30.8. The molecule has 2 aromatic heterocycles. The zero-order valence-corrected chi connectivity index (χ0v) is 25.0. The number of nitrogens with two attached hydrogens (primary N) is 1. The van der Waals surface area contributed by atoms with Gasteiger partial charge in [-0.3, -0.25) is 19.0 Å². The normalized spacial score (nSPS) is 12.3. The highest BCUT2D eigenvalue weighted by molar-refractivity contribution is 5.98. The minimum Gasteiger partial charge on any atom is -0.417 e. The summed E-state index contributed by atoms with van der Waals surface area (Å²) >= 11 is 0. The summed E-state index contributed by atoms with van der Waals surface area (Å²) in [6.45, 7) is 8.71. The Morgan fingerprint density at radius 2 is 1.69 bits per heavy atom. The number of rotatable bonds is 10. The number of nitrogens with one attached hydrogen (secondary N) is 1. The van der Waals surface area contributed by atoms with E-state index in [1.54, 1.807) is 32.9 Å². The highest BCUT2D eigenvalue weighted by Crippen LogP contribution is 2.32. The first-order chi connectivity index (χ1) is 19.8. The number of aromatic nitrogens is 4. The molecule has 0 saturated carbocycles. The predicted molar refractivity (Wildman–Crippen MR) is 161 cm³/mol. The van der Waals surface area contributed by atoms with Gasteiger partial charge >= 0.3 is 0 Å². The zero-order valence-electron chi connectivity index (χ0n) is 25.0. The number of carbonyl (C=O) groups excluding carboxylic acids is 2. The monoisotopic (exact) mass is 571 g/mol. The summed E-state index contributed by atoms with van der Waals surface area (Å²) in [6.07, 6.45) is 0. The molecule has 1 atom stereocenters. The third kappa shape index (κ3) is 6.09. The van der Waals surface area contributed by atoms with E-state index in [4.69, 9.17) is 10.2 Å². The minimum absolute atomic E-state index is 0.0451. The van der Waals surface area contributed by atoms with Gasteiger partial charge in [-0.2, -0.15) is 0 Å². The van der Waals surface area contributed by atoms with Gasteiger partial charge in [0, 0.05) is 25.3 Å². The molecule has 4 rings (SSSR count). The first-order valence-electron chi connectivity index (χ1n) is 13.7. The van der Waals surface area contributed by atoms with Gasteiger partial charge in [-0.25, -0.2) is 4.98 Å². The summed E-state index contributed by atoms with van der Waals surface area (Å²) in [5.74, 6) is -1.02. The SMILES string of the molecule is Cc1nc(-c2ccccc2)n(CC(=O)N[C@H](C(=O)c2nnc(C(C)(C)c3ccc(N(C)C)cc3)o2)C(C)C)c(=O)c1N. The Morgan fingerprint density at radius 1 is 1.05 bits per heavy atom. The number of benzene rings is 2. The molecule has 4 aromatic rings. The average Bonchev–Trinajstić information content (AvgIpc) is 3.47. The minimum atomic E-state index is -0.972. The molecule has 0 unspecified atom stereocenters. The number of aryl methyl sites for hydroxylation is 1. The Labute approximate surface area is 244 Å². The smallest absolute Gasteiger partial charge is 0.286 e. The van der Waals surface area contributed by atoms with Crippen LogP contribution in [0.25, 0.3) is 11.4 Å². The summed E-state index contributed by atoms with van der Waals surface area (Å²) in [6, 6.07) is 16.0. The molecule has 2 heterocycles. The van der Waals surface area contributed by atoms with E-state index in [2.05, 4.69) is 20.5 Å². The van der Waals surface area contributed by atoms with Gasteiger partial charge in [0.1, 0.15) is 18.1 Å². The number of anilines is 2. The van der Waals surface area contributed by atoms with E-state index in [0.29, 0.717) is 17.1 Å². The molecule has 0 aliphatic heterocycles. The van der Waals surface area contributed by atoms with E-state index in [1.165, 1.54) is 4.57 Å². The van der Waals surface area contributed by atoms with Crippen LogP contribution in [0.2, 0.25) is 0 Å². The third-order valence-electron chi connectivity index (χ3n) is 7.27. The molecule has 0 aliphatic carbocycles. The molecule has 0 spiro atoms. The van der Waals surface area contributed by atoms with Crippen LogP contribution in [-0.4, -0.2) is 51.6 Å². The number of amides is 1. The van der Waals surface area contributed by atoms with Crippen molar-refractivity contribution >= 4 is 23.1 Å². The van der Waals surface area contributed by atoms with Crippen molar-refractivity contribution in [3.05, 3.63) is 88.0 Å². The van der Waals surface area contributed by atoms with Gasteiger partial charge < -0.3 is 20.4 Å². The van der Waals surface area contributed by atoms with E-state index >= 15 is 0 Å². The second kappa shape index (κ2) is 12.0. The number of Topliss-reactive ketones (excluding diaryl/α,β-unsaturated/α-hetero) is 1. The van der Waals surface area contributed by atoms with E-state index in [0.717, 1.165) is 11.3 Å². The third-order valence-corrected chi connectivity index (χ3v) is 7.27. The predicted octanol–water partition coefficient (Wildman–Crippen LogP) is 3.60. The van der Waals surface area contributed by atoms with E-state index in [1.807, 2.05) is 75.3 Å². The maximum atomic E-state index is 13.5. The molecule has 3 N–H and O–H groups in total. The summed E-state index contributed by atoms with van der Waals surface area (Å²) in [7, 11) is 3.93. The Bertz CT molecular complexity index is 1640. The van der Waals surface area contributed by atoms with Gasteiger partial charge in [-0.05, 0) is 44.4 Å². The second-order valence-corrected chi connectivity index (χ2v) is 11.3. The first-order valence-corrected chi connectivity index (χ1v) is 13.7. The van der Waals surface area contributed by atoms with Crippen LogP contribution in [0.15, 0.2) is 63.8 Å². The van der Waals surface area contributed by atoms with Gasteiger partial charge in [-0.1, -0.05) is 56.3 Å². The molecule has 1 amide bonds. The van der Waals surface area contributed by atoms with Crippen molar-refractivity contribution < 1.29 is 14.0 Å². The number of nitrogen functional groups attached to an aromatic ring is 1. The van der Waals surface area contributed by atoms with Crippen LogP contribution in [-0.2, 0) is 16.8 Å². The molecule has 11 nitrogen and oxygen atoms in total. The number of carbonyl (C=O) groups is 2. The fraction of sp³-hybridized carbons (Fsp3) is 0.355. The number of hydrogen-bond acceptors (Lipinski definition) is 9. The topological polar surface area (TPSA) is 149 Å². The Morgan fingerprint density at radius 3 is 2.29 bits per heavy atom. The van der Waals surface area contributed by atoms with Crippen LogP contribution in [0.4, 0.5) is 11.4 Å². The Hall–Kier alpha value is -4.80. The first kappa shape index (κ1) is 30.2. The summed E-state index contributed by atoms with van der Waals surface area (Å²) < 4.78 is 7.10. The van der Waals surface area contributed by atoms with Crippen LogP contribution >= 0.6 is 0 Å². The van der Waals surface area contributed by atoms with Crippen LogP contribution in [0, 0.1) is 12.8 Å². The lowest BCUT2D eigenvalue weighted by atomic mass is 9.84. The van der Waals surface area contributed by atoms with Crippen molar-refractivity contribution in [3.8, 4) is 11.4 Å². The van der Waals surface area contributed by atoms with Gasteiger partial charge in [0.15, 0.2) is 0 Å². The lowest BCUT2D eigenvalue weighted by Crippen LogP contribution is -2.46. The molecule has 0 saturated heterocycles.